The van der Waals surface area contributed by atoms with Crippen molar-refractivity contribution in [1.82, 2.24) is 0 Å². The third kappa shape index (κ3) is 4.71. The highest BCUT2D eigenvalue weighted by atomic mass is 16.5. The first-order chi connectivity index (χ1) is 14.0. The molecule has 1 amide bonds. The molecule has 0 bridgehead atoms. The molecule has 0 aliphatic rings. The first kappa shape index (κ1) is 19.9. The monoisotopic (exact) mass is 388 g/mol. The number of nitriles is 1. The number of fused-ring (bicyclic) bond motifs is 1. The van der Waals surface area contributed by atoms with E-state index < -0.39 is 24.4 Å². The van der Waals surface area contributed by atoms with Crippen molar-refractivity contribution in [2.45, 2.75) is 12.8 Å². The number of esters is 1. The standard InChI is InChI=1S/C23H20N2O4/c1-15(16-7-8-18-12-20(28-2)10-9-17(18)11-16)23(27)29-14-22(26)25-21-6-4-3-5-19(21)13-24/h3-12,15H,14H2,1-2H3,(H,25,26). The third-order valence-corrected chi connectivity index (χ3v) is 4.59. The molecule has 1 unspecified atom stereocenters. The van der Waals surface area contributed by atoms with E-state index in [2.05, 4.69) is 5.32 Å². The lowest BCUT2D eigenvalue weighted by Crippen LogP contribution is -2.23. The number of para-hydroxylation sites is 1. The first-order valence-corrected chi connectivity index (χ1v) is 9.05. The van der Waals surface area contributed by atoms with Gasteiger partial charge < -0.3 is 14.8 Å². The van der Waals surface area contributed by atoms with Crippen molar-refractivity contribution in [2.75, 3.05) is 19.0 Å². The number of benzene rings is 3. The van der Waals surface area contributed by atoms with E-state index in [1.54, 1.807) is 38.3 Å². The fraction of sp³-hybridized carbons (Fsp3) is 0.174. The number of hydrogen-bond acceptors (Lipinski definition) is 5. The first-order valence-electron chi connectivity index (χ1n) is 9.05. The zero-order valence-corrected chi connectivity index (χ0v) is 16.1. The molecule has 3 aromatic rings. The number of carbonyl (C=O) groups is 2. The fourth-order valence-electron chi connectivity index (χ4n) is 2.91. The Hall–Kier alpha value is -3.85. The number of carbonyl (C=O) groups excluding carboxylic acids is 2. The highest BCUT2D eigenvalue weighted by Gasteiger charge is 2.19. The number of nitrogens with zero attached hydrogens (tertiary/aromatic N) is 1. The Labute approximate surface area is 168 Å². The van der Waals surface area contributed by atoms with Gasteiger partial charge in [-0.1, -0.05) is 36.4 Å². The van der Waals surface area contributed by atoms with Crippen LogP contribution in [-0.2, 0) is 14.3 Å². The van der Waals surface area contributed by atoms with E-state index >= 15 is 0 Å². The molecule has 146 valence electrons. The van der Waals surface area contributed by atoms with E-state index in [1.165, 1.54) is 0 Å². The number of nitrogens with one attached hydrogen (secondary N) is 1. The topological polar surface area (TPSA) is 88.4 Å². The SMILES string of the molecule is COc1ccc2cc(C(C)C(=O)OCC(=O)Nc3ccccc3C#N)ccc2c1. The highest BCUT2D eigenvalue weighted by Crippen LogP contribution is 2.25. The van der Waals surface area contributed by atoms with Crippen LogP contribution in [0.4, 0.5) is 5.69 Å². The molecule has 0 saturated carbocycles. The molecule has 0 radical (unpaired) electrons. The fourth-order valence-corrected chi connectivity index (χ4v) is 2.91. The molecule has 0 saturated heterocycles. The molecule has 3 rings (SSSR count). The summed E-state index contributed by atoms with van der Waals surface area (Å²) in [5.74, 6) is -0.761. The van der Waals surface area contributed by atoms with Crippen LogP contribution < -0.4 is 10.1 Å². The van der Waals surface area contributed by atoms with Crippen LogP contribution in [-0.4, -0.2) is 25.6 Å². The van der Waals surface area contributed by atoms with Gasteiger partial charge in [-0.05, 0) is 47.5 Å². The molecule has 6 nitrogen and oxygen atoms in total. The maximum absolute atomic E-state index is 12.4. The Morgan fingerprint density at radius 1 is 1.07 bits per heavy atom. The molecule has 0 aromatic heterocycles. The Kier molecular flexibility index (Phi) is 6.10. The van der Waals surface area contributed by atoms with Gasteiger partial charge in [0.05, 0.1) is 24.3 Å². The number of amides is 1. The van der Waals surface area contributed by atoms with Crippen molar-refractivity contribution in [3.63, 3.8) is 0 Å². The molecular weight excluding hydrogens is 368 g/mol. The molecular formula is C23H20N2O4. The number of methoxy groups -OCH3 is 1. The molecule has 1 N–H and O–H groups in total. The van der Waals surface area contributed by atoms with E-state index in [-0.39, 0.29) is 0 Å². The Bertz CT molecular complexity index is 1100. The second kappa shape index (κ2) is 8.89. The van der Waals surface area contributed by atoms with Crippen LogP contribution in [0.15, 0.2) is 60.7 Å². The van der Waals surface area contributed by atoms with Gasteiger partial charge in [-0.2, -0.15) is 5.26 Å². The zero-order chi connectivity index (χ0) is 20.8. The molecule has 29 heavy (non-hydrogen) atoms. The number of anilines is 1. The number of rotatable bonds is 6. The Balaban J connectivity index is 1.62. The van der Waals surface area contributed by atoms with Gasteiger partial charge in [-0.3, -0.25) is 9.59 Å². The lowest BCUT2D eigenvalue weighted by molar-refractivity contribution is -0.148. The molecule has 0 fully saturated rings. The van der Waals surface area contributed by atoms with E-state index in [9.17, 15) is 9.59 Å². The summed E-state index contributed by atoms with van der Waals surface area (Å²) in [6.45, 7) is 1.31. The largest absolute Gasteiger partial charge is 0.497 e. The van der Waals surface area contributed by atoms with E-state index in [4.69, 9.17) is 14.7 Å². The predicted octanol–water partition coefficient (Wildman–Crippen LogP) is 4.01. The van der Waals surface area contributed by atoms with Crippen LogP contribution in [0.1, 0.15) is 24.0 Å². The molecule has 0 heterocycles. The van der Waals surface area contributed by atoms with Crippen LogP contribution in [0.2, 0.25) is 0 Å². The van der Waals surface area contributed by atoms with E-state index in [0.717, 1.165) is 22.1 Å². The predicted molar refractivity (Wildman–Crippen MR) is 110 cm³/mol. The van der Waals surface area contributed by atoms with Gasteiger partial charge in [0, 0.05) is 0 Å². The van der Waals surface area contributed by atoms with Gasteiger partial charge >= 0.3 is 5.97 Å². The van der Waals surface area contributed by atoms with Crippen LogP contribution in [0.25, 0.3) is 10.8 Å². The number of hydrogen-bond donors (Lipinski definition) is 1. The second-order valence-electron chi connectivity index (χ2n) is 6.51. The van der Waals surface area contributed by atoms with E-state index in [1.807, 2.05) is 42.5 Å². The molecule has 0 spiro atoms. The van der Waals surface area contributed by atoms with Crippen LogP contribution >= 0.6 is 0 Å². The lowest BCUT2D eigenvalue weighted by Gasteiger charge is -2.13. The quantitative estimate of drug-likeness (QED) is 0.645. The van der Waals surface area contributed by atoms with Crippen molar-refractivity contribution < 1.29 is 19.1 Å². The summed E-state index contributed by atoms with van der Waals surface area (Å²) in [4.78, 5) is 24.5. The van der Waals surface area contributed by atoms with Gasteiger partial charge in [0.1, 0.15) is 11.8 Å². The van der Waals surface area contributed by atoms with Gasteiger partial charge in [0.2, 0.25) is 0 Å². The summed E-state index contributed by atoms with van der Waals surface area (Å²) in [6, 6.07) is 20.0. The molecule has 0 aliphatic heterocycles. The minimum absolute atomic E-state index is 0.341. The third-order valence-electron chi connectivity index (χ3n) is 4.59. The lowest BCUT2D eigenvalue weighted by atomic mass is 9.98. The van der Waals surface area contributed by atoms with Gasteiger partial charge in [-0.15, -0.1) is 0 Å². The summed E-state index contributed by atoms with van der Waals surface area (Å²) >= 11 is 0. The summed E-state index contributed by atoms with van der Waals surface area (Å²) in [6.07, 6.45) is 0. The second-order valence-corrected chi connectivity index (χ2v) is 6.51. The average Bonchev–Trinajstić information content (AvgIpc) is 2.76. The van der Waals surface area contributed by atoms with Crippen molar-refractivity contribution >= 4 is 28.3 Å². The highest BCUT2D eigenvalue weighted by molar-refractivity contribution is 5.94. The van der Waals surface area contributed by atoms with Crippen LogP contribution in [0, 0.1) is 11.3 Å². The minimum atomic E-state index is -0.527. The summed E-state index contributed by atoms with van der Waals surface area (Å²) in [5.41, 5.74) is 1.52. The van der Waals surface area contributed by atoms with Crippen LogP contribution in [0.5, 0.6) is 5.75 Å². The number of ether oxygens (including phenoxy) is 2. The molecule has 6 heteroatoms. The Morgan fingerprint density at radius 3 is 2.55 bits per heavy atom. The maximum Gasteiger partial charge on any atom is 0.313 e. The van der Waals surface area contributed by atoms with Gasteiger partial charge in [0.25, 0.3) is 5.91 Å². The molecule has 0 aliphatic carbocycles. The molecule has 3 aromatic carbocycles. The summed E-state index contributed by atoms with van der Waals surface area (Å²) < 4.78 is 10.4. The van der Waals surface area contributed by atoms with Gasteiger partial charge in [0.15, 0.2) is 6.61 Å². The summed E-state index contributed by atoms with van der Waals surface area (Å²) in [7, 11) is 1.61. The van der Waals surface area contributed by atoms with Crippen molar-refractivity contribution in [1.29, 1.82) is 5.26 Å². The van der Waals surface area contributed by atoms with Crippen molar-refractivity contribution in [3.8, 4) is 11.8 Å². The average molecular weight is 388 g/mol. The maximum atomic E-state index is 12.4. The zero-order valence-electron chi connectivity index (χ0n) is 16.1. The minimum Gasteiger partial charge on any atom is -0.497 e. The Morgan fingerprint density at radius 2 is 1.79 bits per heavy atom. The van der Waals surface area contributed by atoms with Crippen molar-refractivity contribution in [3.05, 3.63) is 71.8 Å². The molecule has 1 atom stereocenters. The normalized spacial score (nSPS) is 11.3. The smallest absolute Gasteiger partial charge is 0.313 e. The van der Waals surface area contributed by atoms with Gasteiger partial charge in [-0.25, -0.2) is 0 Å². The van der Waals surface area contributed by atoms with Crippen LogP contribution in [0.3, 0.4) is 0 Å². The van der Waals surface area contributed by atoms with E-state index in [0.29, 0.717) is 11.3 Å². The van der Waals surface area contributed by atoms with Crippen molar-refractivity contribution in [2.24, 2.45) is 0 Å². The summed E-state index contributed by atoms with van der Waals surface area (Å²) in [5, 5.41) is 13.6.